The summed E-state index contributed by atoms with van der Waals surface area (Å²) in [5.74, 6) is -0.415. The average molecular weight is 376 g/mol. The minimum Gasteiger partial charge on any atom is -0.338 e. The van der Waals surface area contributed by atoms with E-state index in [4.69, 9.17) is 11.6 Å². The molecule has 0 aromatic carbocycles. The molecule has 136 valence electrons. The fourth-order valence-electron chi connectivity index (χ4n) is 2.64. The van der Waals surface area contributed by atoms with Crippen LogP contribution in [0.4, 0.5) is 13.2 Å². The Balaban J connectivity index is 1.80. The number of aromatic nitrogens is 4. The van der Waals surface area contributed by atoms with Gasteiger partial charge in [0.1, 0.15) is 6.54 Å². The van der Waals surface area contributed by atoms with Crippen LogP contribution in [0.5, 0.6) is 0 Å². The van der Waals surface area contributed by atoms with Crippen molar-refractivity contribution in [2.75, 3.05) is 7.05 Å². The van der Waals surface area contributed by atoms with E-state index in [1.54, 1.807) is 31.0 Å². The van der Waals surface area contributed by atoms with Crippen molar-refractivity contribution >= 4 is 17.5 Å². The van der Waals surface area contributed by atoms with Gasteiger partial charge in [-0.3, -0.25) is 14.2 Å². The molecule has 3 rings (SSSR count). The van der Waals surface area contributed by atoms with Gasteiger partial charge in [0, 0.05) is 26.2 Å². The molecule has 0 unspecified atom stereocenters. The van der Waals surface area contributed by atoms with E-state index < -0.39 is 16.9 Å². The average Bonchev–Trinajstić information content (AvgIpc) is 3.18. The summed E-state index contributed by atoms with van der Waals surface area (Å²) in [6.45, 7) is 0.0191. The molecule has 1 saturated carbocycles. The highest BCUT2D eigenvalue weighted by Gasteiger charge is 2.42. The normalized spacial score (nSPS) is 14.8. The predicted molar refractivity (Wildman–Crippen MR) is 83.9 cm³/mol. The van der Waals surface area contributed by atoms with Crippen molar-refractivity contribution in [3.8, 4) is 0 Å². The lowest BCUT2D eigenvalue weighted by molar-refractivity contribution is -0.142. The van der Waals surface area contributed by atoms with Crippen LogP contribution >= 0.6 is 11.6 Å². The Morgan fingerprint density at radius 2 is 2.12 bits per heavy atom. The Morgan fingerprint density at radius 3 is 2.64 bits per heavy atom. The van der Waals surface area contributed by atoms with Crippen molar-refractivity contribution in [1.29, 1.82) is 0 Å². The Bertz CT molecular complexity index is 794. The molecule has 2 heterocycles. The van der Waals surface area contributed by atoms with Crippen LogP contribution in [0.3, 0.4) is 0 Å². The van der Waals surface area contributed by atoms with E-state index in [2.05, 4.69) is 10.2 Å². The lowest BCUT2D eigenvalue weighted by Gasteiger charge is -2.18. The summed E-state index contributed by atoms with van der Waals surface area (Å²) >= 11 is 5.91. The molecule has 0 radical (unpaired) electrons. The molecule has 2 aromatic rings. The van der Waals surface area contributed by atoms with Gasteiger partial charge in [-0.05, 0) is 18.9 Å². The topological polar surface area (TPSA) is 56.0 Å². The van der Waals surface area contributed by atoms with Crippen molar-refractivity contribution in [2.45, 2.75) is 38.0 Å². The smallest absolute Gasteiger partial charge is 0.338 e. The first kappa shape index (κ1) is 17.8. The van der Waals surface area contributed by atoms with Gasteiger partial charge in [-0.2, -0.15) is 23.4 Å². The van der Waals surface area contributed by atoms with Crippen LogP contribution < -0.4 is 0 Å². The third kappa shape index (κ3) is 3.65. The van der Waals surface area contributed by atoms with Crippen LogP contribution in [-0.2, 0) is 31.1 Å². The molecular formula is C15H17ClF3N5O. The Morgan fingerprint density at radius 1 is 1.44 bits per heavy atom. The second-order valence-corrected chi connectivity index (χ2v) is 6.55. The molecule has 1 fully saturated rings. The van der Waals surface area contributed by atoms with Crippen LogP contribution in [0.15, 0.2) is 12.3 Å². The molecule has 2 aromatic heterocycles. The summed E-state index contributed by atoms with van der Waals surface area (Å²) in [6, 6.07) is 1.77. The lowest BCUT2D eigenvalue weighted by atomic mass is 10.2. The Labute approximate surface area is 147 Å². The maximum atomic E-state index is 13.1. The SMILES string of the molecule is CN(Cc1ccnn1C)C(=O)Cn1nc(C(F)(F)F)c(Cl)c1C1CC1. The highest BCUT2D eigenvalue weighted by Crippen LogP contribution is 2.46. The number of amides is 1. The molecule has 6 nitrogen and oxygen atoms in total. The highest BCUT2D eigenvalue weighted by atomic mass is 35.5. The zero-order valence-corrected chi connectivity index (χ0v) is 14.5. The fourth-order valence-corrected chi connectivity index (χ4v) is 3.03. The van der Waals surface area contributed by atoms with Gasteiger partial charge in [0.25, 0.3) is 0 Å². The Hall–Kier alpha value is -2.03. The van der Waals surface area contributed by atoms with Crippen molar-refractivity contribution in [1.82, 2.24) is 24.5 Å². The van der Waals surface area contributed by atoms with Gasteiger partial charge in [-0.25, -0.2) is 0 Å². The van der Waals surface area contributed by atoms with Crippen molar-refractivity contribution in [3.05, 3.63) is 34.4 Å². The van der Waals surface area contributed by atoms with Crippen LogP contribution in [0.1, 0.15) is 35.8 Å². The van der Waals surface area contributed by atoms with Crippen LogP contribution in [0, 0.1) is 0 Å². The molecule has 0 bridgehead atoms. The molecule has 10 heteroatoms. The molecule has 1 amide bonds. The first-order valence-corrected chi connectivity index (χ1v) is 8.10. The fraction of sp³-hybridized carbons (Fsp3) is 0.533. The van der Waals surface area contributed by atoms with Gasteiger partial charge < -0.3 is 4.90 Å². The molecular weight excluding hydrogens is 359 g/mol. The monoisotopic (exact) mass is 375 g/mol. The first-order valence-electron chi connectivity index (χ1n) is 7.72. The van der Waals surface area contributed by atoms with Crippen molar-refractivity contribution in [3.63, 3.8) is 0 Å². The van der Waals surface area contributed by atoms with Gasteiger partial charge in [-0.1, -0.05) is 11.6 Å². The summed E-state index contributed by atoms with van der Waals surface area (Å²) in [5.41, 5.74) is -0.0119. The number of halogens is 4. The van der Waals surface area contributed by atoms with Crippen LogP contribution in [0.25, 0.3) is 0 Å². The Kier molecular flexibility index (Phi) is 4.52. The molecule has 25 heavy (non-hydrogen) atoms. The zero-order chi connectivity index (χ0) is 18.4. The number of hydrogen-bond acceptors (Lipinski definition) is 3. The lowest BCUT2D eigenvalue weighted by Crippen LogP contribution is -2.31. The van der Waals surface area contributed by atoms with Crippen LogP contribution in [-0.4, -0.2) is 37.4 Å². The second-order valence-electron chi connectivity index (χ2n) is 6.17. The standard InChI is InChI=1S/C15H17ClF3N5O/c1-22(7-10-5-6-20-23(10)2)11(25)8-24-13(9-3-4-9)12(16)14(21-24)15(17,18)19/h5-6,9H,3-4,7-8H2,1-2H3. The second kappa shape index (κ2) is 6.36. The number of carbonyl (C=O) groups excluding carboxylic acids is 1. The van der Waals surface area contributed by atoms with Gasteiger partial charge in [0.2, 0.25) is 5.91 Å². The van der Waals surface area contributed by atoms with E-state index in [1.807, 2.05) is 0 Å². The van der Waals surface area contributed by atoms with Crippen molar-refractivity contribution in [2.24, 2.45) is 7.05 Å². The molecule has 1 aliphatic rings. The van der Waals surface area contributed by atoms with E-state index in [0.717, 1.165) is 23.2 Å². The number of likely N-dealkylation sites (N-methyl/N-ethyl adjacent to an activating group) is 1. The zero-order valence-electron chi connectivity index (χ0n) is 13.7. The summed E-state index contributed by atoms with van der Waals surface area (Å²) in [6.07, 6.45) is -1.53. The van der Waals surface area contributed by atoms with Crippen LogP contribution in [0.2, 0.25) is 5.02 Å². The number of aryl methyl sites for hydroxylation is 1. The van der Waals surface area contributed by atoms with Crippen molar-refractivity contribution < 1.29 is 18.0 Å². The maximum absolute atomic E-state index is 13.1. The minimum atomic E-state index is -4.64. The molecule has 0 N–H and O–H groups in total. The largest absolute Gasteiger partial charge is 0.436 e. The number of carbonyl (C=O) groups is 1. The van der Waals surface area contributed by atoms with Gasteiger partial charge >= 0.3 is 6.18 Å². The third-order valence-corrected chi connectivity index (χ3v) is 4.57. The highest BCUT2D eigenvalue weighted by molar-refractivity contribution is 6.32. The summed E-state index contributed by atoms with van der Waals surface area (Å²) in [5, 5.41) is 7.20. The summed E-state index contributed by atoms with van der Waals surface area (Å²) < 4.78 is 41.9. The molecule has 0 atom stereocenters. The summed E-state index contributed by atoms with van der Waals surface area (Å²) in [4.78, 5) is 13.9. The van der Waals surface area contributed by atoms with E-state index in [1.165, 1.54) is 4.90 Å². The summed E-state index contributed by atoms with van der Waals surface area (Å²) in [7, 11) is 3.34. The molecule has 0 spiro atoms. The van der Waals surface area contributed by atoms with Gasteiger partial charge in [-0.15, -0.1) is 0 Å². The molecule has 0 saturated heterocycles. The number of nitrogens with zero attached hydrogens (tertiary/aromatic N) is 5. The number of hydrogen-bond donors (Lipinski definition) is 0. The first-order chi connectivity index (χ1) is 11.7. The minimum absolute atomic E-state index is 0.0636. The van der Waals surface area contributed by atoms with E-state index in [9.17, 15) is 18.0 Å². The predicted octanol–water partition coefficient (Wildman–Crippen LogP) is 2.82. The van der Waals surface area contributed by atoms with E-state index >= 15 is 0 Å². The third-order valence-electron chi connectivity index (χ3n) is 4.20. The quantitative estimate of drug-likeness (QED) is 0.807. The maximum Gasteiger partial charge on any atom is 0.436 e. The van der Waals surface area contributed by atoms with E-state index in [-0.39, 0.29) is 18.4 Å². The molecule has 1 aliphatic carbocycles. The van der Waals surface area contributed by atoms with Gasteiger partial charge in [0.05, 0.1) is 23.0 Å². The van der Waals surface area contributed by atoms with Gasteiger partial charge in [0.15, 0.2) is 5.69 Å². The van der Waals surface area contributed by atoms with E-state index in [0.29, 0.717) is 12.2 Å². The number of alkyl halides is 3. The number of rotatable bonds is 5. The molecule has 0 aliphatic heterocycles.